The lowest BCUT2D eigenvalue weighted by Crippen LogP contribution is -2.37. The van der Waals surface area contributed by atoms with Crippen LogP contribution in [0.25, 0.3) is 11.1 Å². The van der Waals surface area contributed by atoms with Crippen molar-refractivity contribution < 1.29 is 27.5 Å². The van der Waals surface area contributed by atoms with Crippen LogP contribution >= 0.6 is 0 Å². The first kappa shape index (κ1) is 24.7. The van der Waals surface area contributed by atoms with Crippen molar-refractivity contribution in [1.29, 1.82) is 0 Å². The highest BCUT2D eigenvalue weighted by molar-refractivity contribution is 6.14. The first-order valence-electron chi connectivity index (χ1n) is 12.3. The number of benzene rings is 3. The molecule has 0 amide bonds. The fourth-order valence-electron chi connectivity index (χ4n) is 5.92. The summed E-state index contributed by atoms with van der Waals surface area (Å²) in [5.41, 5.74) is 3.36. The van der Waals surface area contributed by atoms with Crippen LogP contribution in [0, 0.1) is 11.2 Å². The fraction of sp³-hybridized carbons (Fsp3) is 0.367. The Morgan fingerprint density at radius 3 is 2.19 bits per heavy atom. The number of carbonyl (C=O) groups excluding carboxylic acids is 1. The van der Waals surface area contributed by atoms with Crippen LogP contribution in [0.4, 0.5) is 17.6 Å². The van der Waals surface area contributed by atoms with Gasteiger partial charge in [-0.1, -0.05) is 50.6 Å². The van der Waals surface area contributed by atoms with Crippen molar-refractivity contribution in [2.45, 2.75) is 64.1 Å². The molecule has 188 valence electrons. The highest BCUT2D eigenvalue weighted by atomic mass is 19.4. The third-order valence-corrected chi connectivity index (χ3v) is 7.88. The van der Waals surface area contributed by atoms with Crippen molar-refractivity contribution in [3.05, 3.63) is 93.8 Å². The Morgan fingerprint density at radius 2 is 1.67 bits per heavy atom. The molecule has 0 saturated heterocycles. The van der Waals surface area contributed by atoms with Gasteiger partial charge < -0.3 is 5.11 Å². The largest absolute Gasteiger partial charge is 0.416 e. The molecule has 0 aliphatic heterocycles. The molecule has 6 heteroatoms. The van der Waals surface area contributed by atoms with Gasteiger partial charge in [0.15, 0.2) is 5.78 Å². The summed E-state index contributed by atoms with van der Waals surface area (Å²) in [6.07, 6.45) is -0.636. The molecule has 1 spiro atoms. The molecule has 2 aliphatic rings. The minimum atomic E-state index is -4.50. The van der Waals surface area contributed by atoms with Crippen molar-refractivity contribution in [3.8, 4) is 11.1 Å². The minimum Gasteiger partial charge on any atom is -0.388 e. The van der Waals surface area contributed by atoms with E-state index in [0.29, 0.717) is 28.7 Å². The number of ketones is 1. The summed E-state index contributed by atoms with van der Waals surface area (Å²) in [5, 5.41) is 11.4. The van der Waals surface area contributed by atoms with E-state index in [1.807, 2.05) is 19.9 Å². The van der Waals surface area contributed by atoms with E-state index in [4.69, 9.17) is 0 Å². The van der Waals surface area contributed by atoms with Gasteiger partial charge in [-0.2, -0.15) is 13.2 Å². The topological polar surface area (TPSA) is 37.3 Å². The van der Waals surface area contributed by atoms with Crippen LogP contribution in [0.2, 0.25) is 0 Å². The highest BCUT2D eigenvalue weighted by Crippen LogP contribution is 2.56. The summed E-state index contributed by atoms with van der Waals surface area (Å²) in [6.45, 7) is 3.94. The van der Waals surface area contributed by atoms with E-state index in [-0.39, 0.29) is 16.9 Å². The molecule has 1 atom stereocenters. The maximum absolute atomic E-state index is 13.9. The van der Waals surface area contributed by atoms with Crippen molar-refractivity contribution in [2.24, 2.45) is 5.41 Å². The number of aliphatic hydroxyl groups excluding tert-OH is 1. The monoisotopic (exact) mass is 496 g/mol. The summed E-state index contributed by atoms with van der Waals surface area (Å²) < 4.78 is 53.2. The Labute approximate surface area is 208 Å². The van der Waals surface area contributed by atoms with Crippen molar-refractivity contribution in [1.82, 2.24) is 0 Å². The predicted octanol–water partition coefficient (Wildman–Crippen LogP) is 8.02. The SMILES string of the molecule is CC(C)c1cc2c(c(-c3ccc(F)cc3)c1C(=O)c1ccc(C(F)(F)F)cc1)[C@@H](O)CC1(CCC1)C2. The molecule has 1 N–H and O–H groups in total. The molecule has 3 aromatic carbocycles. The smallest absolute Gasteiger partial charge is 0.388 e. The maximum atomic E-state index is 13.9. The van der Waals surface area contributed by atoms with Crippen molar-refractivity contribution in [2.75, 3.05) is 0 Å². The number of carbonyl (C=O) groups is 1. The van der Waals surface area contributed by atoms with Gasteiger partial charge in [0.2, 0.25) is 0 Å². The maximum Gasteiger partial charge on any atom is 0.416 e. The number of aliphatic hydroxyl groups is 1. The molecule has 0 unspecified atom stereocenters. The van der Waals surface area contributed by atoms with Gasteiger partial charge in [-0.3, -0.25) is 4.79 Å². The van der Waals surface area contributed by atoms with Crippen LogP contribution in [0.3, 0.4) is 0 Å². The molecule has 0 bridgehead atoms. The fourth-order valence-corrected chi connectivity index (χ4v) is 5.92. The standard InChI is InChI=1S/C30H28F4O2/c1-17(2)23-14-20-15-29(12-3-13-29)16-24(35)25(20)26(18-6-10-22(31)11-7-18)27(23)28(36)19-4-8-21(9-5-19)30(32,33)34/h4-11,14,17,24,35H,3,12-13,15-16H2,1-2H3/t24-/m0/s1. The van der Waals surface area contributed by atoms with Gasteiger partial charge in [0.25, 0.3) is 0 Å². The molecule has 2 nitrogen and oxygen atoms in total. The van der Waals surface area contributed by atoms with Gasteiger partial charge in [-0.25, -0.2) is 4.39 Å². The lowest BCUT2D eigenvalue weighted by molar-refractivity contribution is -0.137. The minimum absolute atomic E-state index is 0.0562. The van der Waals surface area contributed by atoms with Gasteiger partial charge in [-0.15, -0.1) is 0 Å². The van der Waals surface area contributed by atoms with Gasteiger partial charge in [0.05, 0.1) is 11.7 Å². The third kappa shape index (κ3) is 4.26. The zero-order chi connectivity index (χ0) is 25.8. The summed E-state index contributed by atoms with van der Waals surface area (Å²) >= 11 is 0. The third-order valence-electron chi connectivity index (χ3n) is 7.88. The van der Waals surface area contributed by atoms with Crippen LogP contribution in [0.1, 0.15) is 89.7 Å². The van der Waals surface area contributed by atoms with E-state index >= 15 is 0 Å². The molecule has 5 rings (SSSR count). The quantitative estimate of drug-likeness (QED) is 0.293. The molecule has 0 aromatic heterocycles. The molecule has 1 fully saturated rings. The number of halogens is 4. The van der Waals surface area contributed by atoms with Crippen LogP contribution in [-0.4, -0.2) is 10.9 Å². The lowest BCUT2D eigenvalue weighted by Gasteiger charge is -2.48. The number of fused-ring (bicyclic) bond motifs is 1. The Balaban J connectivity index is 1.74. The molecule has 36 heavy (non-hydrogen) atoms. The Bertz CT molecular complexity index is 1300. The Hall–Kier alpha value is -2.99. The molecule has 3 aromatic rings. The first-order chi connectivity index (χ1) is 17.0. The second kappa shape index (κ2) is 8.84. The number of rotatable bonds is 4. The molecule has 0 heterocycles. The average Bonchev–Trinajstić information content (AvgIpc) is 2.81. The van der Waals surface area contributed by atoms with Gasteiger partial charge in [0, 0.05) is 11.1 Å². The van der Waals surface area contributed by atoms with Crippen LogP contribution in [0.15, 0.2) is 54.6 Å². The number of hydrogen-bond acceptors (Lipinski definition) is 2. The summed E-state index contributed by atoms with van der Waals surface area (Å²) in [7, 11) is 0. The highest BCUT2D eigenvalue weighted by Gasteiger charge is 2.44. The number of alkyl halides is 3. The van der Waals surface area contributed by atoms with E-state index in [1.54, 1.807) is 12.1 Å². The van der Waals surface area contributed by atoms with Crippen molar-refractivity contribution in [3.63, 3.8) is 0 Å². The summed E-state index contributed by atoms with van der Waals surface area (Å²) in [4.78, 5) is 13.9. The lowest BCUT2D eigenvalue weighted by atomic mass is 9.58. The second-order valence-corrected chi connectivity index (χ2v) is 10.6. The normalized spacial score (nSPS) is 18.7. The first-order valence-corrected chi connectivity index (χ1v) is 12.3. The van der Waals surface area contributed by atoms with Crippen molar-refractivity contribution >= 4 is 5.78 Å². The molecule has 1 saturated carbocycles. The molecule has 2 aliphatic carbocycles. The molecular formula is C30H28F4O2. The summed E-state index contributed by atoms with van der Waals surface area (Å²) in [6, 6.07) is 12.1. The van der Waals surface area contributed by atoms with E-state index in [0.717, 1.165) is 48.9 Å². The van der Waals surface area contributed by atoms with E-state index < -0.39 is 29.4 Å². The number of hydrogen-bond donors (Lipinski definition) is 1. The Morgan fingerprint density at radius 1 is 1.03 bits per heavy atom. The second-order valence-electron chi connectivity index (χ2n) is 10.6. The van der Waals surface area contributed by atoms with Gasteiger partial charge in [-0.05, 0) is 89.1 Å². The van der Waals surface area contributed by atoms with Crippen LogP contribution < -0.4 is 0 Å². The molecule has 0 radical (unpaired) electrons. The molecular weight excluding hydrogens is 468 g/mol. The van der Waals surface area contributed by atoms with E-state index in [1.165, 1.54) is 24.3 Å². The average molecular weight is 497 g/mol. The van der Waals surface area contributed by atoms with E-state index in [2.05, 4.69) is 0 Å². The zero-order valence-electron chi connectivity index (χ0n) is 20.3. The summed E-state index contributed by atoms with van der Waals surface area (Å²) in [5.74, 6) is -0.887. The van der Waals surface area contributed by atoms with E-state index in [9.17, 15) is 27.5 Å². The van der Waals surface area contributed by atoms with Gasteiger partial charge in [0.1, 0.15) is 5.82 Å². The van der Waals surface area contributed by atoms with Crippen LogP contribution in [0.5, 0.6) is 0 Å². The Kier molecular flexibility index (Phi) is 6.06. The van der Waals surface area contributed by atoms with Gasteiger partial charge >= 0.3 is 6.18 Å². The predicted molar refractivity (Wildman–Crippen MR) is 130 cm³/mol. The van der Waals surface area contributed by atoms with Crippen LogP contribution in [-0.2, 0) is 12.6 Å². The zero-order valence-corrected chi connectivity index (χ0v) is 20.3.